The molecule has 1 fully saturated rings. The number of methoxy groups -OCH3 is 1. The molecule has 1 heterocycles. The number of carbonyl (C=O) groups is 1. The van der Waals surface area contributed by atoms with Crippen LogP contribution in [-0.2, 0) is 4.79 Å². The molecule has 0 bridgehead atoms. The Morgan fingerprint density at radius 3 is 2.89 bits per heavy atom. The van der Waals surface area contributed by atoms with Crippen molar-refractivity contribution in [1.29, 1.82) is 0 Å². The van der Waals surface area contributed by atoms with Gasteiger partial charge in [0.1, 0.15) is 5.69 Å². The number of hydrogen-bond acceptors (Lipinski definition) is 5. The molecule has 0 radical (unpaired) electrons. The van der Waals surface area contributed by atoms with Crippen LogP contribution in [0.3, 0.4) is 0 Å². The summed E-state index contributed by atoms with van der Waals surface area (Å²) in [6.45, 7) is 0.465. The molecule has 0 saturated carbocycles. The lowest BCUT2D eigenvalue weighted by Crippen LogP contribution is -2.41. The predicted molar refractivity (Wildman–Crippen MR) is 69.3 cm³/mol. The minimum atomic E-state index is -0.470. The maximum Gasteiger partial charge on any atom is 0.333 e. The fourth-order valence-electron chi connectivity index (χ4n) is 2.07. The van der Waals surface area contributed by atoms with Gasteiger partial charge in [-0.25, -0.2) is 0 Å². The van der Waals surface area contributed by atoms with Gasteiger partial charge in [-0.1, -0.05) is 6.07 Å². The minimum absolute atomic E-state index is 0.0106. The van der Waals surface area contributed by atoms with Gasteiger partial charge in [0.05, 0.1) is 12.0 Å². The zero-order chi connectivity index (χ0) is 13.8. The Kier molecular flexibility index (Phi) is 3.84. The first-order valence-electron chi connectivity index (χ1n) is 5.96. The van der Waals surface area contributed by atoms with E-state index < -0.39 is 4.92 Å². The highest BCUT2D eigenvalue weighted by molar-refractivity contribution is 5.77. The van der Waals surface area contributed by atoms with E-state index in [0.29, 0.717) is 25.1 Å². The summed E-state index contributed by atoms with van der Waals surface area (Å²) in [5.41, 5.74) is 0.326. The number of carbonyl (C=O) groups excluding carboxylic acids is 1. The van der Waals surface area contributed by atoms with Crippen LogP contribution in [0.25, 0.3) is 0 Å². The molecule has 7 heteroatoms. The molecule has 102 valence electrons. The second kappa shape index (κ2) is 5.55. The number of piperidine rings is 1. The maximum absolute atomic E-state index is 11.1. The Morgan fingerprint density at radius 2 is 2.32 bits per heavy atom. The fraction of sp³-hybridized carbons (Fsp3) is 0.417. The van der Waals surface area contributed by atoms with Crippen LogP contribution in [-0.4, -0.2) is 30.5 Å². The maximum atomic E-state index is 11.1. The van der Waals surface area contributed by atoms with Crippen molar-refractivity contribution in [2.75, 3.05) is 19.0 Å². The third kappa shape index (κ3) is 2.93. The van der Waals surface area contributed by atoms with Crippen LogP contribution in [0.2, 0.25) is 0 Å². The lowest BCUT2D eigenvalue weighted by molar-refractivity contribution is -0.384. The lowest BCUT2D eigenvalue weighted by Gasteiger charge is -2.24. The fourth-order valence-corrected chi connectivity index (χ4v) is 2.07. The Bertz CT molecular complexity index is 494. The average molecular weight is 265 g/mol. The second-order valence-electron chi connectivity index (χ2n) is 4.30. The van der Waals surface area contributed by atoms with E-state index in [-0.39, 0.29) is 23.4 Å². The molecule has 1 unspecified atom stereocenters. The van der Waals surface area contributed by atoms with Crippen molar-refractivity contribution in [1.82, 2.24) is 5.32 Å². The van der Waals surface area contributed by atoms with Gasteiger partial charge in [0.2, 0.25) is 5.91 Å². The largest absolute Gasteiger partial charge is 0.490 e. The summed E-state index contributed by atoms with van der Waals surface area (Å²) in [5.74, 6) is 0.230. The Labute approximate surface area is 110 Å². The van der Waals surface area contributed by atoms with Gasteiger partial charge in [0.15, 0.2) is 5.75 Å². The number of ether oxygens (including phenoxy) is 1. The van der Waals surface area contributed by atoms with E-state index >= 15 is 0 Å². The number of hydrogen-bond donors (Lipinski definition) is 2. The molecule has 1 amide bonds. The smallest absolute Gasteiger partial charge is 0.333 e. The van der Waals surface area contributed by atoms with E-state index in [1.807, 2.05) is 0 Å². The van der Waals surface area contributed by atoms with E-state index in [0.717, 1.165) is 0 Å². The zero-order valence-electron chi connectivity index (χ0n) is 10.5. The first-order valence-corrected chi connectivity index (χ1v) is 5.96. The Hall–Kier alpha value is -2.31. The summed E-state index contributed by atoms with van der Waals surface area (Å²) in [4.78, 5) is 21.7. The molecule has 1 aromatic rings. The highest BCUT2D eigenvalue weighted by Crippen LogP contribution is 2.35. The van der Waals surface area contributed by atoms with Gasteiger partial charge in [-0.2, -0.15) is 0 Å². The zero-order valence-corrected chi connectivity index (χ0v) is 10.5. The third-order valence-corrected chi connectivity index (χ3v) is 3.03. The van der Waals surface area contributed by atoms with Crippen molar-refractivity contribution in [2.24, 2.45) is 0 Å². The molecule has 1 aliphatic heterocycles. The van der Waals surface area contributed by atoms with Gasteiger partial charge in [-0.05, 0) is 18.6 Å². The average Bonchev–Trinajstić information content (AvgIpc) is 2.40. The van der Waals surface area contributed by atoms with Gasteiger partial charge >= 0.3 is 5.69 Å². The third-order valence-electron chi connectivity index (χ3n) is 3.03. The molecule has 0 aliphatic carbocycles. The van der Waals surface area contributed by atoms with Crippen LogP contribution in [0.1, 0.15) is 12.8 Å². The van der Waals surface area contributed by atoms with Gasteiger partial charge in [0, 0.05) is 19.0 Å². The molecular weight excluding hydrogens is 250 g/mol. The minimum Gasteiger partial charge on any atom is -0.490 e. The molecule has 1 aliphatic rings. The molecule has 0 spiro atoms. The van der Waals surface area contributed by atoms with Crippen molar-refractivity contribution >= 4 is 17.3 Å². The van der Waals surface area contributed by atoms with Crippen LogP contribution in [0.4, 0.5) is 11.4 Å². The van der Waals surface area contributed by atoms with Crippen LogP contribution >= 0.6 is 0 Å². The predicted octanol–water partition coefficient (Wildman–Crippen LogP) is 1.29. The summed E-state index contributed by atoms with van der Waals surface area (Å²) in [6.07, 6.45) is 1.08. The second-order valence-corrected chi connectivity index (χ2v) is 4.30. The van der Waals surface area contributed by atoms with E-state index in [1.54, 1.807) is 18.2 Å². The highest BCUT2D eigenvalue weighted by atomic mass is 16.6. The first-order chi connectivity index (χ1) is 9.11. The first kappa shape index (κ1) is 13.1. The summed E-state index contributed by atoms with van der Waals surface area (Å²) in [5, 5.41) is 16.9. The number of amides is 1. The molecule has 1 saturated heterocycles. The molecular formula is C12H15N3O4. The Morgan fingerprint density at radius 1 is 1.53 bits per heavy atom. The highest BCUT2D eigenvalue weighted by Gasteiger charge is 2.24. The SMILES string of the molecule is COc1cccc(NC2CCC(=O)NC2)c1[N+](=O)[O-]. The van der Waals surface area contributed by atoms with Gasteiger partial charge in [0.25, 0.3) is 0 Å². The number of nitrogens with one attached hydrogen (secondary N) is 2. The molecule has 19 heavy (non-hydrogen) atoms. The van der Waals surface area contributed by atoms with Crippen molar-refractivity contribution < 1.29 is 14.5 Å². The number of anilines is 1. The topological polar surface area (TPSA) is 93.5 Å². The number of nitro groups is 1. The van der Waals surface area contributed by atoms with Crippen LogP contribution in [0.5, 0.6) is 5.75 Å². The summed E-state index contributed by atoms with van der Waals surface area (Å²) >= 11 is 0. The number of nitrogens with zero attached hydrogens (tertiary/aromatic N) is 1. The Balaban J connectivity index is 2.20. The summed E-state index contributed by atoms with van der Waals surface area (Å²) in [6, 6.07) is 4.86. The van der Waals surface area contributed by atoms with E-state index in [2.05, 4.69) is 10.6 Å². The van der Waals surface area contributed by atoms with Crippen LogP contribution in [0, 0.1) is 10.1 Å². The summed E-state index contributed by atoms with van der Waals surface area (Å²) < 4.78 is 5.00. The molecule has 0 aromatic heterocycles. The standard InChI is InChI=1S/C12H15N3O4/c1-19-10-4-2-3-9(12(10)15(17)18)14-8-5-6-11(16)13-7-8/h2-4,8,14H,5-7H2,1H3,(H,13,16). The van der Waals surface area contributed by atoms with Gasteiger partial charge in [-0.3, -0.25) is 14.9 Å². The normalized spacial score (nSPS) is 18.6. The lowest BCUT2D eigenvalue weighted by atomic mass is 10.1. The summed E-state index contributed by atoms with van der Waals surface area (Å²) in [7, 11) is 1.40. The number of rotatable bonds is 4. The molecule has 2 N–H and O–H groups in total. The van der Waals surface area contributed by atoms with Crippen molar-refractivity contribution in [3.63, 3.8) is 0 Å². The number of nitro benzene ring substituents is 1. The molecule has 7 nitrogen and oxygen atoms in total. The van der Waals surface area contributed by atoms with Crippen LogP contribution in [0.15, 0.2) is 18.2 Å². The number of para-hydroxylation sites is 1. The van der Waals surface area contributed by atoms with Crippen molar-refractivity contribution in [3.8, 4) is 5.75 Å². The van der Waals surface area contributed by atoms with Gasteiger partial charge < -0.3 is 15.4 Å². The monoisotopic (exact) mass is 265 g/mol. The molecule has 1 aromatic carbocycles. The van der Waals surface area contributed by atoms with E-state index in [4.69, 9.17) is 4.74 Å². The van der Waals surface area contributed by atoms with Crippen molar-refractivity contribution in [2.45, 2.75) is 18.9 Å². The van der Waals surface area contributed by atoms with Gasteiger partial charge in [-0.15, -0.1) is 0 Å². The van der Waals surface area contributed by atoms with Crippen LogP contribution < -0.4 is 15.4 Å². The quantitative estimate of drug-likeness (QED) is 0.632. The van der Waals surface area contributed by atoms with E-state index in [1.165, 1.54) is 7.11 Å². The van der Waals surface area contributed by atoms with E-state index in [9.17, 15) is 14.9 Å². The molecule has 1 atom stereocenters. The van der Waals surface area contributed by atoms with Crippen molar-refractivity contribution in [3.05, 3.63) is 28.3 Å². The molecule has 2 rings (SSSR count). The number of benzene rings is 1.